The molecule has 0 radical (unpaired) electrons. The highest BCUT2D eigenvalue weighted by atomic mass is 35.5. The minimum Gasteiger partial charge on any atom is -0.228 e. The summed E-state index contributed by atoms with van der Waals surface area (Å²) in [6.07, 6.45) is 1.70. The molecule has 3 nitrogen and oxygen atoms in total. The fourth-order valence-corrected chi connectivity index (χ4v) is 2.21. The Morgan fingerprint density at radius 1 is 1.00 bits per heavy atom. The van der Waals surface area contributed by atoms with E-state index in [0.717, 1.165) is 21.9 Å². The van der Waals surface area contributed by atoms with Gasteiger partial charge in [-0.1, -0.05) is 11.6 Å². The highest BCUT2D eigenvalue weighted by Gasteiger charge is 2.05. The van der Waals surface area contributed by atoms with Gasteiger partial charge in [0.1, 0.15) is 0 Å². The maximum atomic E-state index is 5.77. The van der Waals surface area contributed by atoms with Crippen molar-refractivity contribution in [2.75, 3.05) is 0 Å². The maximum Gasteiger partial charge on any atom is 0.224 e. The summed E-state index contributed by atoms with van der Waals surface area (Å²) in [5.41, 5.74) is 3.99. The van der Waals surface area contributed by atoms with Gasteiger partial charge in [-0.05, 0) is 43.1 Å². The molecule has 0 spiro atoms. The number of hydrogen-bond acceptors (Lipinski definition) is 3. The predicted molar refractivity (Wildman–Crippen MR) is 69.3 cm³/mol. The molecule has 0 amide bonds. The molecule has 0 aliphatic rings. The summed E-state index contributed by atoms with van der Waals surface area (Å²) >= 11 is 5.77. The lowest BCUT2D eigenvalue weighted by Gasteiger charge is -2.05. The Balaban J connectivity index is 2.48. The van der Waals surface area contributed by atoms with Crippen molar-refractivity contribution in [3.8, 4) is 0 Å². The molecular formula is C13H10ClN3. The quantitative estimate of drug-likeness (QED) is 0.448. The topological polar surface area (TPSA) is 38.7 Å². The molecule has 0 bridgehead atoms. The zero-order valence-corrected chi connectivity index (χ0v) is 10.3. The van der Waals surface area contributed by atoms with E-state index in [1.54, 1.807) is 6.20 Å². The van der Waals surface area contributed by atoms with Crippen molar-refractivity contribution < 1.29 is 0 Å². The van der Waals surface area contributed by atoms with Crippen LogP contribution in [0.25, 0.3) is 21.9 Å². The molecule has 2 aromatic heterocycles. The number of aryl methyl sites for hydroxylation is 2. The monoisotopic (exact) mass is 243 g/mol. The van der Waals surface area contributed by atoms with Gasteiger partial charge in [-0.25, -0.2) is 9.97 Å². The molecule has 17 heavy (non-hydrogen) atoms. The van der Waals surface area contributed by atoms with Crippen LogP contribution in [0.15, 0.2) is 24.4 Å². The van der Waals surface area contributed by atoms with Gasteiger partial charge in [0, 0.05) is 17.0 Å². The van der Waals surface area contributed by atoms with Crippen LogP contribution < -0.4 is 0 Å². The Labute approximate surface area is 103 Å². The second kappa shape index (κ2) is 3.64. The molecule has 0 atom stereocenters. The molecule has 1 aromatic carbocycles. The number of halogens is 1. The lowest BCUT2D eigenvalue weighted by atomic mass is 10.1. The first-order valence-electron chi connectivity index (χ1n) is 5.34. The van der Waals surface area contributed by atoms with Crippen molar-refractivity contribution in [2.45, 2.75) is 13.8 Å². The average molecular weight is 244 g/mol. The molecular weight excluding hydrogens is 234 g/mol. The van der Waals surface area contributed by atoms with Crippen molar-refractivity contribution in [3.05, 3.63) is 40.8 Å². The second-order valence-corrected chi connectivity index (χ2v) is 4.53. The van der Waals surface area contributed by atoms with Gasteiger partial charge in [0.25, 0.3) is 0 Å². The maximum absolute atomic E-state index is 5.77. The fraction of sp³-hybridized carbons (Fsp3) is 0.154. The van der Waals surface area contributed by atoms with Crippen LogP contribution in [0.2, 0.25) is 5.28 Å². The number of aromatic nitrogens is 3. The minimum atomic E-state index is 0.231. The Bertz CT molecular complexity index is 737. The van der Waals surface area contributed by atoms with Gasteiger partial charge in [0.2, 0.25) is 5.28 Å². The summed E-state index contributed by atoms with van der Waals surface area (Å²) < 4.78 is 0. The van der Waals surface area contributed by atoms with E-state index in [-0.39, 0.29) is 5.28 Å². The molecule has 0 saturated carbocycles. The van der Waals surface area contributed by atoms with Crippen molar-refractivity contribution in [1.29, 1.82) is 0 Å². The molecule has 0 aliphatic heterocycles. The number of pyridine rings is 1. The third kappa shape index (κ3) is 1.72. The molecule has 3 rings (SSSR count). The van der Waals surface area contributed by atoms with Crippen molar-refractivity contribution in [2.24, 2.45) is 0 Å². The molecule has 3 aromatic rings. The van der Waals surface area contributed by atoms with Crippen LogP contribution >= 0.6 is 11.6 Å². The standard InChI is InChI=1S/C13H10ClN3/c1-7-3-8(2)11-9(4-7)5-10-6-15-13(14)17-12(10)16-11/h3-6H,1-2H3. The Morgan fingerprint density at radius 2 is 1.82 bits per heavy atom. The summed E-state index contributed by atoms with van der Waals surface area (Å²) in [7, 11) is 0. The number of hydrogen-bond donors (Lipinski definition) is 0. The van der Waals surface area contributed by atoms with Gasteiger partial charge < -0.3 is 0 Å². The molecule has 0 N–H and O–H groups in total. The normalized spacial score (nSPS) is 11.2. The number of rotatable bonds is 0. The van der Waals surface area contributed by atoms with Crippen LogP contribution in [0, 0.1) is 13.8 Å². The zero-order chi connectivity index (χ0) is 12.0. The first-order chi connectivity index (χ1) is 8.13. The summed E-state index contributed by atoms with van der Waals surface area (Å²) in [6, 6.07) is 6.28. The van der Waals surface area contributed by atoms with Gasteiger partial charge in [-0.2, -0.15) is 4.98 Å². The zero-order valence-electron chi connectivity index (χ0n) is 9.53. The molecule has 84 valence electrons. The van der Waals surface area contributed by atoms with Gasteiger partial charge in [0.15, 0.2) is 5.65 Å². The van der Waals surface area contributed by atoms with Crippen LogP contribution in [0.1, 0.15) is 11.1 Å². The van der Waals surface area contributed by atoms with E-state index in [2.05, 4.69) is 40.9 Å². The van der Waals surface area contributed by atoms with Gasteiger partial charge in [-0.15, -0.1) is 0 Å². The second-order valence-electron chi connectivity index (χ2n) is 4.19. The highest BCUT2D eigenvalue weighted by molar-refractivity contribution is 6.28. The lowest BCUT2D eigenvalue weighted by molar-refractivity contribution is 1.19. The van der Waals surface area contributed by atoms with Crippen LogP contribution in [-0.2, 0) is 0 Å². The Hall–Kier alpha value is -1.74. The Kier molecular flexibility index (Phi) is 2.23. The lowest BCUT2D eigenvalue weighted by Crippen LogP contribution is -1.91. The molecule has 2 heterocycles. The molecule has 4 heteroatoms. The van der Waals surface area contributed by atoms with Crippen LogP contribution in [0.4, 0.5) is 0 Å². The van der Waals surface area contributed by atoms with Crippen molar-refractivity contribution >= 4 is 33.5 Å². The first-order valence-corrected chi connectivity index (χ1v) is 5.71. The van der Waals surface area contributed by atoms with Gasteiger partial charge >= 0.3 is 0 Å². The predicted octanol–water partition coefficient (Wildman–Crippen LogP) is 3.45. The van der Waals surface area contributed by atoms with E-state index in [9.17, 15) is 0 Å². The number of fused-ring (bicyclic) bond motifs is 2. The average Bonchev–Trinajstić information content (AvgIpc) is 2.27. The fourth-order valence-electron chi connectivity index (χ4n) is 2.08. The van der Waals surface area contributed by atoms with E-state index < -0.39 is 0 Å². The minimum absolute atomic E-state index is 0.231. The summed E-state index contributed by atoms with van der Waals surface area (Å²) in [6.45, 7) is 4.13. The van der Waals surface area contributed by atoms with Crippen LogP contribution in [-0.4, -0.2) is 15.0 Å². The smallest absolute Gasteiger partial charge is 0.224 e. The number of benzene rings is 1. The molecule has 0 aliphatic carbocycles. The van der Waals surface area contributed by atoms with Crippen molar-refractivity contribution in [3.63, 3.8) is 0 Å². The summed E-state index contributed by atoms with van der Waals surface area (Å²) in [4.78, 5) is 12.6. The van der Waals surface area contributed by atoms with Gasteiger partial charge in [0.05, 0.1) is 5.52 Å². The largest absolute Gasteiger partial charge is 0.228 e. The third-order valence-corrected chi connectivity index (χ3v) is 2.95. The van der Waals surface area contributed by atoms with Gasteiger partial charge in [-0.3, -0.25) is 0 Å². The van der Waals surface area contributed by atoms with Crippen LogP contribution in [0.3, 0.4) is 0 Å². The third-order valence-electron chi connectivity index (χ3n) is 2.77. The van der Waals surface area contributed by atoms with Crippen LogP contribution in [0.5, 0.6) is 0 Å². The summed E-state index contributed by atoms with van der Waals surface area (Å²) in [5.74, 6) is 0. The van der Waals surface area contributed by atoms with E-state index in [4.69, 9.17) is 11.6 Å². The van der Waals surface area contributed by atoms with E-state index in [0.29, 0.717) is 5.65 Å². The van der Waals surface area contributed by atoms with E-state index in [1.807, 2.05) is 6.07 Å². The van der Waals surface area contributed by atoms with E-state index >= 15 is 0 Å². The number of nitrogens with zero attached hydrogens (tertiary/aromatic N) is 3. The Morgan fingerprint density at radius 3 is 2.65 bits per heavy atom. The molecule has 0 fully saturated rings. The highest BCUT2D eigenvalue weighted by Crippen LogP contribution is 2.22. The molecule has 0 unspecified atom stereocenters. The SMILES string of the molecule is Cc1cc(C)c2nc3nc(Cl)ncc3cc2c1. The molecule has 0 saturated heterocycles. The van der Waals surface area contributed by atoms with Crippen molar-refractivity contribution in [1.82, 2.24) is 15.0 Å². The first kappa shape index (κ1) is 10.4. The van der Waals surface area contributed by atoms with E-state index in [1.165, 1.54) is 5.56 Å². The summed E-state index contributed by atoms with van der Waals surface area (Å²) in [5, 5.41) is 2.25.